The fourth-order valence-electron chi connectivity index (χ4n) is 6.92. The summed E-state index contributed by atoms with van der Waals surface area (Å²) in [5.41, 5.74) is 0.564. The summed E-state index contributed by atoms with van der Waals surface area (Å²) < 4.78 is 26.8. The zero-order chi connectivity index (χ0) is 25.3. The van der Waals surface area contributed by atoms with Gasteiger partial charge in [0.1, 0.15) is 18.5 Å². The van der Waals surface area contributed by atoms with Crippen LogP contribution in [0.15, 0.2) is 59.0 Å². The number of aromatic nitrogens is 2. The maximum atomic E-state index is 13.3. The second-order valence-electron chi connectivity index (χ2n) is 11.4. The van der Waals surface area contributed by atoms with E-state index in [4.69, 9.17) is 9.15 Å². The summed E-state index contributed by atoms with van der Waals surface area (Å²) in [6.45, 7) is 4.22. The van der Waals surface area contributed by atoms with Crippen LogP contribution in [0, 0.1) is 17.7 Å². The minimum Gasteiger partial charge on any atom is -0.416 e. The average Bonchev–Trinajstić information content (AvgIpc) is 3.42. The molecule has 3 aromatic rings. The third-order valence-electron chi connectivity index (χ3n) is 9.09. The van der Waals surface area contributed by atoms with E-state index in [0.29, 0.717) is 30.9 Å². The first-order valence-electron chi connectivity index (χ1n) is 13.9. The fourth-order valence-corrected chi connectivity index (χ4v) is 6.92. The van der Waals surface area contributed by atoms with Gasteiger partial charge in [-0.05, 0) is 36.1 Å². The molecule has 196 valence electrons. The highest BCUT2D eigenvalue weighted by Crippen LogP contribution is 2.44. The molecule has 6 nitrogen and oxygen atoms in total. The Morgan fingerprint density at radius 1 is 0.946 bits per heavy atom. The lowest BCUT2D eigenvalue weighted by molar-refractivity contribution is -0.959. The van der Waals surface area contributed by atoms with Gasteiger partial charge in [-0.2, -0.15) is 0 Å². The molecule has 0 spiro atoms. The van der Waals surface area contributed by atoms with Crippen LogP contribution in [0.3, 0.4) is 0 Å². The molecule has 3 saturated heterocycles. The van der Waals surface area contributed by atoms with Crippen molar-refractivity contribution in [3.8, 4) is 0 Å². The van der Waals surface area contributed by atoms with Crippen molar-refractivity contribution in [2.24, 2.45) is 11.8 Å². The van der Waals surface area contributed by atoms with Crippen molar-refractivity contribution in [1.29, 1.82) is 0 Å². The van der Waals surface area contributed by atoms with Gasteiger partial charge in [-0.15, -0.1) is 10.2 Å². The van der Waals surface area contributed by atoms with E-state index in [2.05, 4.69) is 10.2 Å². The van der Waals surface area contributed by atoms with Crippen molar-refractivity contribution in [3.05, 3.63) is 83.3 Å². The molecule has 0 amide bonds. The standard InChI is InChI=1S/C30H37FN3O3/c31-26-13-11-22(12-14-26)21-36-27-19-34(17-15-23(27)16-18-34)20-28-32-33-29(37-28)30(35,24-7-3-1-4-8-24)25-9-5-2-6-10-25/h1,3-4,7-8,11-14,23,25,27,35H,2,5-6,9-10,15-21H2/q+1/t23?,27?,30-,34?/m0/s1. The fraction of sp³-hybridized carbons (Fsp3) is 0.533. The number of piperidine rings is 3. The van der Waals surface area contributed by atoms with Gasteiger partial charge in [0.15, 0.2) is 12.1 Å². The lowest BCUT2D eigenvalue weighted by Crippen LogP contribution is -2.63. The van der Waals surface area contributed by atoms with E-state index in [1.54, 1.807) is 12.1 Å². The number of quaternary nitrogens is 1. The summed E-state index contributed by atoms with van der Waals surface area (Å²) in [5.74, 6) is 1.33. The van der Waals surface area contributed by atoms with Gasteiger partial charge in [-0.1, -0.05) is 61.7 Å². The van der Waals surface area contributed by atoms with Gasteiger partial charge < -0.3 is 18.7 Å². The zero-order valence-electron chi connectivity index (χ0n) is 21.4. The topological polar surface area (TPSA) is 68.4 Å². The molecular weight excluding hydrogens is 469 g/mol. The third-order valence-corrected chi connectivity index (χ3v) is 9.09. The first kappa shape index (κ1) is 24.7. The molecule has 1 saturated carbocycles. The molecule has 1 unspecified atom stereocenters. The summed E-state index contributed by atoms with van der Waals surface area (Å²) in [4.78, 5) is 0. The first-order valence-corrected chi connectivity index (χ1v) is 13.9. The number of benzene rings is 2. The van der Waals surface area contributed by atoms with Gasteiger partial charge in [0, 0.05) is 24.7 Å². The minimum absolute atomic E-state index is 0.0685. The molecule has 3 aliphatic heterocycles. The van der Waals surface area contributed by atoms with E-state index in [-0.39, 0.29) is 17.8 Å². The summed E-state index contributed by atoms with van der Waals surface area (Å²) in [6.07, 6.45) is 7.74. The lowest BCUT2D eigenvalue weighted by atomic mass is 9.73. The van der Waals surface area contributed by atoms with Crippen LogP contribution in [-0.4, -0.2) is 45.5 Å². The van der Waals surface area contributed by atoms with Crippen LogP contribution in [0.1, 0.15) is 67.9 Å². The van der Waals surface area contributed by atoms with Gasteiger partial charge in [0.25, 0.3) is 11.8 Å². The molecule has 4 heterocycles. The van der Waals surface area contributed by atoms with Crippen molar-refractivity contribution in [3.63, 3.8) is 0 Å². The molecule has 1 aromatic heterocycles. The van der Waals surface area contributed by atoms with Crippen LogP contribution < -0.4 is 0 Å². The number of hydrogen-bond donors (Lipinski definition) is 1. The van der Waals surface area contributed by atoms with E-state index in [9.17, 15) is 9.50 Å². The predicted octanol–water partition coefficient (Wildman–Crippen LogP) is 5.35. The molecule has 37 heavy (non-hydrogen) atoms. The Balaban J connectivity index is 1.19. The number of nitrogens with zero attached hydrogens (tertiary/aromatic N) is 3. The van der Waals surface area contributed by atoms with Crippen molar-refractivity contribution in [2.75, 3.05) is 19.6 Å². The van der Waals surface area contributed by atoms with Crippen LogP contribution in [-0.2, 0) is 23.5 Å². The molecule has 2 aromatic carbocycles. The Morgan fingerprint density at radius 2 is 1.68 bits per heavy atom. The summed E-state index contributed by atoms with van der Waals surface area (Å²) in [5, 5.41) is 21.0. The van der Waals surface area contributed by atoms with Crippen molar-refractivity contribution >= 4 is 0 Å². The second kappa shape index (κ2) is 10.3. The van der Waals surface area contributed by atoms with Crippen molar-refractivity contribution < 1.29 is 23.1 Å². The summed E-state index contributed by atoms with van der Waals surface area (Å²) in [6, 6.07) is 16.4. The Morgan fingerprint density at radius 3 is 2.41 bits per heavy atom. The highest BCUT2D eigenvalue weighted by atomic mass is 19.1. The van der Waals surface area contributed by atoms with E-state index in [1.807, 2.05) is 30.3 Å². The van der Waals surface area contributed by atoms with Crippen LogP contribution >= 0.6 is 0 Å². The first-order chi connectivity index (χ1) is 18.0. The summed E-state index contributed by atoms with van der Waals surface area (Å²) >= 11 is 0. The van der Waals surface area contributed by atoms with Crippen LogP contribution in [0.5, 0.6) is 0 Å². The number of ether oxygens (including phenoxy) is 1. The number of hydrogen-bond acceptors (Lipinski definition) is 5. The largest absolute Gasteiger partial charge is 0.416 e. The number of halogens is 1. The molecule has 1 aliphatic carbocycles. The maximum Gasteiger partial charge on any atom is 0.271 e. The molecule has 0 radical (unpaired) electrons. The molecule has 4 aliphatic rings. The number of rotatable bonds is 8. The summed E-state index contributed by atoms with van der Waals surface area (Å²) in [7, 11) is 0. The quantitative estimate of drug-likeness (QED) is 0.417. The van der Waals surface area contributed by atoms with E-state index in [0.717, 1.165) is 73.8 Å². The molecule has 1 N–H and O–H groups in total. The lowest BCUT2D eigenvalue weighted by Gasteiger charge is -2.51. The Bertz CT molecular complexity index is 1170. The van der Waals surface area contributed by atoms with E-state index < -0.39 is 5.60 Å². The predicted molar refractivity (Wildman–Crippen MR) is 137 cm³/mol. The van der Waals surface area contributed by atoms with Gasteiger partial charge >= 0.3 is 0 Å². The van der Waals surface area contributed by atoms with Gasteiger partial charge in [-0.3, -0.25) is 0 Å². The number of fused-ring (bicyclic) bond motifs is 3. The van der Waals surface area contributed by atoms with E-state index in [1.165, 1.54) is 18.6 Å². The Kier molecular flexibility index (Phi) is 6.86. The molecular formula is C30H37FN3O3+. The third kappa shape index (κ3) is 4.97. The maximum absolute atomic E-state index is 13.3. The van der Waals surface area contributed by atoms with Gasteiger partial charge in [-0.25, -0.2) is 4.39 Å². The monoisotopic (exact) mass is 506 g/mol. The Hall–Kier alpha value is -2.61. The molecule has 7 heteroatoms. The molecule has 2 atom stereocenters. The smallest absolute Gasteiger partial charge is 0.271 e. The zero-order valence-corrected chi connectivity index (χ0v) is 21.4. The van der Waals surface area contributed by atoms with Crippen molar-refractivity contribution in [2.45, 2.75) is 69.8 Å². The van der Waals surface area contributed by atoms with Gasteiger partial charge in [0.05, 0.1) is 19.7 Å². The molecule has 4 fully saturated rings. The van der Waals surface area contributed by atoms with Crippen LogP contribution in [0.2, 0.25) is 0 Å². The highest BCUT2D eigenvalue weighted by Gasteiger charge is 2.49. The van der Waals surface area contributed by atoms with Crippen LogP contribution in [0.4, 0.5) is 4.39 Å². The SMILES string of the molecule is O[C@](c1ccccc1)(c1nnc(C[N+]23CCC(CC2)C(OCc2ccc(F)cc2)C3)o1)C1CCCCC1. The second-order valence-corrected chi connectivity index (χ2v) is 11.4. The highest BCUT2D eigenvalue weighted by molar-refractivity contribution is 5.29. The number of aliphatic hydroxyl groups is 1. The van der Waals surface area contributed by atoms with Crippen LogP contribution in [0.25, 0.3) is 0 Å². The van der Waals surface area contributed by atoms with Gasteiger partial charge in [0.2, 0.25) is 0 Å². The molecule has 7 rings (SSSR count). The molecule has 2 bridgehead atoms. The minimum atomic E-state index is -1.26. The van der Waals surface area contributed by atoms with E-state index >= 15 is 0 Å². The normalized spacial score (nSPS) is 27.7. The Labute approximate surface area is 218 Å². The average molecular weight is 507 g/mol. The van der Waals surface area contributed by atoms with Crippen molar-refractivity contribution in [1.82, 2.24) is 10.2 Å².